The Bertz CT molecular complexity index is 556. The molecule has 0 amide bonds. The fraction of sp³-hybridized carbons (Fsp3) is 0.500. The van der Waals surface area contributed by atoms with E-state index in [1.54, 1.807) is 0 Å². The summed E-state index contributed by atoms with van der Waals surface area (Å²) in [5.74, 6) is 1.18. The van der Waals surface area contributed by atoms with Crippen LogP contribution in [0.5, 0.6) is 5.88 Å². The highest BCUT2D eigenvalue weighted by Gasteiger charge is 2.05. The second-order valence-electron chi connectivity index (χ2n) is 5.39. The van der Waals surface area contributed by atoms with E-state index in [0.29, 0.717) is 11.8 Å². The van der Waals surface area contributed by atoms with Crippen molar-refractivity contribution in [3.63, 3.8) is 0 Å². The zero-order chi connectivity index (χ0) is 14.9. The summed E-state index contributed by atoms with van der Waals surface area (Å²) in [6, 6.07) is 10.0. The highest BCUT2D eigenvalue weighted by atomic mass is 35.5. The zero-order valence-corrected chi connectivity index (χ0v) is 13.5. The van der Waals surface area contributed by atoms with Gasteiger partial charge in [0.1, 0.15) is 0 Å². The molecule has 2 aromatic rings. The molecular weight excluding hydrogens is 282 g/mol. The van der Waals surface area contributed by atoms with Crippen LogP contribution < -0.4 is 4.74 Å². The highest BCUT2D eigenvalue weighted by Crippen LogP contribution is 2.23. The predicted molar refractivity (Wildman–Crippen MR) is 90.2 cm³/mol. The van der Waals surface area contributed by atoms with E-state index in [0.717, 1.165) is 29.5 Å². The zero-order valence-electron chi connectivity index (χ0n) is 12.8. The molecule has 0 N–H and O–H groups in total. The van der Waals surface area contributed by atoms with Crippen molar-refractivity contribution in [2.45, 2.75) is 51.3 Å². The smallest absolute Gasteiger partial charge is 0.214 e. The van der Waals surface area contributed by atoms with E-state index < -0.39 is 0 Å². The maximum atomic E-state index is 6.03. The topological polar surface area (TPSA) is 22.1 Å². The first kappa shape index (κ1) is 16.1. The Morgan fingerprint density at radius 3 is 2.62 bits per heavy atom. The molecule has 1 aromatic carbocycles. The van der Waals surface area contributed by atoms with Crippen molar-refractivity contribution >= 4 is 22.5 Å². The molecule has 2 nitrogen and oxygen atoms in total. The Morgan fingerprint density at radius 2 is 1.81 bits per heavy atom. The molecule has 0 aliphatic rings. The molecule has 21 heavy (non-hydrogen) atoms. The quantitative estimate of drug-likeness (QED) is 0.437. The normalized spacial score (nSPS) is 11.0. The second-order valence-corrected chi connectivity index (χ2v) is 5.65. The van der Waals surface area contributed by atoms with Crippen molar-refractivity contribution in [3.8, 4) is 5.88 Å². The summed E-state index contributed by atoms with van der Waals surface area (Å²) in [7, 11) is 0. The maximum absolute atomic E-state index is 6.03. The number of unbranched alkanes of at least 4 members (excludes halogenated alkanes) is 5. The summed E-state index contributed by atoms with van der Waals surface area (Å²) in [4.78, 5) is 4.55. The molecule has 1 aromatic heterocycles. The number of para-hydroxylation sites is 1. The van der Waals surface area contributed by atoms with E-state index in [1.807, 2.05) is 24.3 Å². The van der Waals surface area contributed by atoms with Gasteiger partial charge in [-0.3, -0.25) is 0 Å². The molecule has 0 bridgehead atoms. The number of ether oxygens (including phenoxy) is 1. The minimum atomic E-state index is 0.483. The van der Waals surface area contributed by atoms with Gasteiger partial charge in [-0.15, -0.1) is 11.6 Å². The number of hydrogen-bond acceptors (Lipinski definition) is 2. The van der Waals surface area contributed by atoms with E-state index in [9.17, 15) is 0 Å². The van der Waals surface area contributed by atoms with Crippen molar-refractivity contribution in [2.75, 3.05) is 6.61 Å². The van der Waals surface area contributed by atoms with E-state index >= 15 is 0 Å². The highest BCUT2D eigenvalue weighted by molar-refractivity contribution is 6.18. The van der Waals surface area contributed by atoms with E-state index in [2.05, 4.69) is 18.0 Å². The molecule has 0 atom stereocenters. The Kier molecular flexibility index (Phi) is 6.81. The summed E-state index contributed by atoms with van der Waals surface area (Å²) in [5, 5.41) is 1.11. The first-order valence-electron chi connectivity index (χ1n) is 7.92. The number of pyridine rings is 1. The molecule has 0 saturated carbocycles. The van der Waals surface area contributed by atoms with Crippen molar-refractivity contribution < 1.29 is 4.74 Å². The van der Waals surface area contributed by atoms with E-state index in [-0.39, 0.29) is 0 Å². The van der Waals surface area contributed by atoms with Crippen molar-refractivity contribution in [1.29, 1.82) is 0 Å². The monoisotopic (exact) mass is 305 g/mol. The molecule has 114 valence electrons. The SMILES string of the molecule is CCCCCCCCOc1cc(CCl)c2ccccc2n1. The Morgan fingerprint density at radius 1 is 1.05 bits per heavy atom. The number of nitrogens with zero attached hydrogens (tertiary/aromatic N) is 1. The second kappa shape index (κ2) is 8.89. The third-order valence-electron chi connectivity index (χ3n) is 3.67. The van der Waals surface area contributed by atoms with Gasteiger partial charge < -0.3 is 4.74 Å². The first-order chi connectivity index (χ1) is 10.3. The third kappa shape index (κ3) is 4.89. The van der Waals surface area contributed by atoms with Gasteiger partial charge in [-0.2, -0.15) is 0 Å². The Labute approximate surface area is 132 Å². The minimum absolute atomic E-state index is 0.483. The lowest BCUT2D eigenvalue weighted by molar-refractivity contribution is 0.294. The van der Waals surface area contributed by atoms with Crippen molar-refractivity contribution in [3.05, 3.63) is 35.9 Å². The summed E-state index contributed by atoms with van der Waals surface area (Å²) in [6.45, 7) is 2.97. The van der Waals surface area contributed by atoms with Crippen molar-refractivity contribution in [2.24, 2.45) is 0 Å². The van der Waals surface area contributed by atoms with Gasteiger partial charge in [-0.05, 0) is 18.1 Å². The average molecular weight is 306 g/mol. The van der Waals surface area contributed by atoms with Gasteiger partial charge in [-0.1, -0.05) is 57.2 Å². The summed E-state index contributed by atoms with van der Waals surface area (Å²) in [5.41, 5.74) is 2.04. The van der Waals surface area contributed by atoms with Crippen LogP contribution in [-0.4, -0.2) is 11.6 Å². The first-order valence-corrected chi connectivity index (χ1v) is 8.46. The number of benzene rings is 1. The largest absolute Gasteiger partial charge is 0.478 e. The van der Waals surface area contributed by atoms with Gasteiger partial charge in [0.25, 0.3) is 0 Å². The fourth-order valence-electron chi connectivity index (χ4n) is 2.46. The standard InChI is InChI=1S/C18H24ClNO/c1-2-3-4-5-6-9-12-21-18-13-15(14-19)16-10-7-8-11-17(16)20-18/h7-8,10-11,13H,2-6,9,12,14H2,1H3. The number of aromatic nitrogens is 1. The molecule has 0 aliphatic carbocycles. The summed E-state index contributed by atoms with van der Waals surface area (Å²) < 4.78 is 5.79. The molecule has 3 heteroatoms. The summed E-state index contributed by atoms with van der Waals surface area (Å²) >= 11 is 6.03. The van der Waals surface area contributed by atoms with Crippen molar-refractivity contribution in [1.82, 2.24) is 4.98 Å². The van der Waals surface area contributed by atoms with Crippen LogP contribution in [0.1, 0.15) is 51.0 Å². The van der Waals surface area contributed by atoms with Gasteiger partial charge in [0.15, 0.2) is 0 Å². The van der Waals surface area contributed by atoms with Gasteiger partial charge >= 0.3 is 0 Å². The lowest BCUT2D eigenvalue weighted by Gasteiger charge is -2.09. The lowest BCUT2D eigenvalue weighted by Crippen LogP contribution is -2.00. The molecule has 2 rings (SSSR count). The van der Waals surface area contributed by atoms with Crippen LogP contribution >= 0.6 is 11.6 Å². The molecule has 0 spiro atoms. The molecule has 0 saturated heterocycles. The molecule has 0 fully saturated rings. The minimum Gasteiger partial charge on any atom is -0.478 e. The molecule has 1 heterocycles. The number of halogens is 1. The summed E-state index contributed by atoms with van der Waals surface area (Å²) in [6.07, 6.45) is 7.59. The van der Waals surface area contributed by atoms with Gasteiger partial charge in [0, 0.05) is 17.3 Å². The molecule has 0 aliphatic heterocycles. The van der Waals surface area contributed by atoms with Crippen LogP contribution in [0.15, 0.2) is 30.3 Å². The van der Waals surface area contributed by atoms with E-state index in [4.69, 9.17) is 16.3 Å². The third-order valence-corrected chi connectivity index (χ3v) is 3.96. The van der Waals surface area contributed by atoms with Gasteiger partial charge in [-0.25, -0.2) is 4.98 Å². The Balaban J connectivity index is 1.87. The van der Waals surface area contributed by atoms with E-state index in [1.165, 1.54) is 32.1 Å². The van der Waals surface area contributed by atoms with Crippen LogP contribution in [0.4, 0.5) is 0 Å². The average Bonchev–Trinajstić information content (AvgIpc) is 2.53. The number of alkyl halides is 1. The predicted octanol–water partition coefficient (Wildman–Crippen LogP) is 5.71. The van der Waals surface area contributed by atoms with Gasteiger partial charge in [0.05, 0.1) is 12.1 Å². The van der Waals surface area contributed by atoms with Crippen LogP contribution in [0.2, 0.25) is 0 Å². The molecule has 0 radical (unpaired) electrons. The Hall–Kier alpha value is -1.28. The molecular formula is C18H24ClNO. The number of fused-ring (bicyclic) bond motifs is 1. The van der Waals surface area contributed by atoms with Crippen LogP contribution in [0.25, 0.3) is 10.9 Å². The van der Waals surface area contributed by atoms with Crippen LogP contribution in [0, 0.1) is 0 Å². The lowest BCUT2D eigenvalue weighted by atomic mass is 10.1. The number of rotatable bonds is 9. The van der Waals surface area contributed by atoms with Crippen LogP contribution in [-0.2, 0) is 5.88 Å². The van der Waals surface area contributed by atoms with Crippen LogP contribution in [0.3, 0.4) is 0 Å². The maximum Gasteiger partial charge on any atom is 0.214 e. The molecule has 0 unspecified atom stereocenters. The van der Waals surface area contributed by atoms with Gasteiger partial charge in [0.2, 0.25) is 5.88 Å². The number of hydrogen-bond donors (Lipinski definition) is 0. The fourth-order valence-corrected chi connectivity index (χ4v) is 2.69.